The molecule has 0 aromatic heterocycles. The van der Waals surface area contributed by atoms with Gasteiger partial charge in [0.05, 0.1) is 5.92 Å². The van der Waals surface area contributed by atoms with Crippen molar-refractivity contribution in [1.82, 2.24) is 4.72 Å². The number of amides is 1. The number of hydrogen-bond acceptors (Lipinski definition) is 3. The van der Waals surface area contributed by atoms with Gasteiger partial charge in [0.1, 0.15) is 5.25 Å². The van der Waals surface area contributed by atoms with Gasteiger partial charge in [-0.1, -0.05) is 60.7 Å². The molecule has 1 aliphatic heterocycles. The van der Waals surface area contributed by atoms with Crippen LogP contribution in [0, 0.1) is 0 Å². The monoisotopic (exact) mass is 287 g/mol. The van der Waals surface area contributed by atoms with Gasteiger partial charge in [-0.3, -0.25) is 9.52 Å². The Morgan fingerprint density at radius 1 is 0.800 bits per heavy atom. The summed E-state index contributed by atoms with van der Waals surface area (Å²) in [6.45, 7) is 0. The van der Waals surface area contributed by atoms with E-state index in [2.05, 4.69) is 4.72 Å². The van der Waals surface area contributed by atoms with Gasteiger partial charge in [0.15, 0.2) is 0 Å². The zero-order chi connectivity index (χ0) is 14.2. The van der Waals surface area contributed by atoms with Crippen molar-refractivity contribution in [3.63, 3.8) is 0 Å². The first-order valence-electron chi connectivity index (χ1n) is 6.25. The molecule has 3 rings (SSSR count). The molecular formula is C15H13NO3S. The summed E-state index contributed by atoms with van der Waals surface area (Å²) < 4.78 is 26.6. The molecule has 0 radical (unpaired) electrons. The molecule has 2 aromatic carbocycles. The third-order valence-electron chi connectivity index (χ3n) is 3.45. The second-order valence-corrected chi connectivity index (χ2v) is 6.53. The number of benzene rings is 2. The van der Waals surface area contributed by atoms with E-state index in [-0.39, 0.29) is 0 Å². The van der Waals surface area contributed by atoms with Gasteiger partial charge in [-0.2, -0.15) is 0 Å². The van der Waals surface area contributed by atoms with Gasteiger partial charge in [-0.15, -0.1) is 0 Å². The maximum Gasteiger partial charge on any atom is 0.243 e. The molecule has 0 saturated carbocycles. The van der Waals surface area contributed by atoms with E-state index < -0.39 is 27.1 Å². The summed E-state index contributed by atoms with van der Waals surface area (Å²) in [5.74, 6) is -1.17. The van der Waals surface area contributed by atoms with Crippen LogP contribution in [0.3, 0.4) is 0 Å². The maximum absolute atomic E-state index is 12.2. The average Bonchev–Trinajstić information content (AvgIpc) is 2.70. The van der Waals surface area contributed by atoms with Crippen molar-refractivity contribution in [1.29, 1.82) is 0 Å². The van der Waals surface area contributed by atoms with E-state index >= 15 is 0 Å². The largest absolute Gasteiger partial charge is 0.273 e. The molecule has 2 unspecified atom stereocenters. The number of carbonyl (C=O) groups excluding carboxylic acids is 1. The third kappa shape index (κ3) is 2.10. The van der Waals surface area contributed by atoms with Crippen LogP contribution in [0.1, 0.15) is 22.3 Å². The molecular weight excluding hydrogens is 274 g/mol. The standard InChI is InChI=1S/C15H13NO3S/c17-15-13(11-7-3-1-4-8-11)14(20(18,19)16-15)12-9-5-2-6-10-12/h1-10,13-14H,(H,16,17). The molecule has 5 heteroatoms. The van der Waals surface area contributed by atoms with Crippen LogP contribution in [0.15, 0.2) is 60.7 Å². The third-order valence-corrected chi connectivity index (χ3v) is 5.15. The van der Waals surface area contributed by atoms with Crippen LogP contribution in [0.4, 0.5) is 0 Å². The van der Waals surface area contributed by atoms with E-state index in [1.165, 1.54) is 0 Å². The Hall–Kier alpha value is -2.14. The van der Waals surface area contributed by atoms with E-state index in [1.807, 2.05) is 12.1 Å². The molecule has 2 atom stereocenters. The fourth-order valence-corrected chi connectivity index (χ4v) is 4.27. The van der Waals surface area contributed by atoms with Crippen LogP contribution >= 0.6 is 0 Å². The molecule has 20 heavy (non-hydrogen) atoms. The first kappa shape index (κ1) is 12.9. The van der Waals surface area contributed by atoms with Gasteiger partial charge in [0, 0.05) is 0 Å². The molecule has 1 amide bonds. The summed E-state index contributed by atoms with van der Waals surface area (Å²) in [5, 5.41) is -0.876. The minimum atomic E-state index is -3.69. The predicted molar refractivity (Wildman–Crippen MR) is 75.4 cm³/mol. The Morgan fingerprint density at radius 3 is 1.85 bits per heavy atom. The summed E-state index contributed by atoms with van der Waals surface area (Å²) in [6, 6.07) is 17.8. The Bertz CT molecular complexity index is 726. The Labute approximate surface area is 117 Å². The first-order valence-corrected chi connectivity index (χ1v) is 7.79. The lowest BCUT2D eigenvalue weighted by Crippen LogP contribution is -2.22. The van der Waals surface area contributed by atoms with Crippen molar-refractivity contribution in [2.45, 2.75) is 11.2 Å². The molecule has 2 aromatic rings. The minimum absolute atomic E-state index is 0.468. The van der Waals surface area contributed by atoms with Crippen LogP contribution in [0.2, 0.25) is 0 Å². The normalized spacial score (nSPS) is 24.3. The maximum atomic E-state index is 12.2. The van der Waals surface area contributed by atoms with Crippen molar-refractivity contribution in [2.24, 2.45) is 0 Å². The number of nitrogens with one attached hydrogen (secondary N) is 1. The molecule has 0 bridgehead atoms. The van der Waals surface area contributed by atoms with Crippen molar-refractivity contribution < 1.29 is 13.2 Å². The number of sulfonamides is 1. The molecule has 1 heterocycles. The molecule has 1 saturated heterocycles. The summed E-state index contributed by atoms with van der Waals surface area (Å²) in [5.41, 5.74) is 1.33. The fourth-order valence-electron chi connectivity index (χ4n) is 2.58. The fraction of sp³-hybridized carbons (Fsp3) is 0.133. The summed E-state index contributed by atoms with van der Waals surface area (Å²) in [6.07, 6.45) is 0. The zero-order valence-corrected chi connectivity index (χ0v) is 11.4. The van der Waals surface area contributed by atoms with Crippen molar-refractivity contribution >= 4 is 15.9 Å². The summed E-state index contributed by atoms with van der Waals surface area (Å²) in [4.78, 5) is 12.1. The topological polar surface area (TPSA) is 63.2 Å². The molecule has 4 nitrogen and oxygen atoms in total. The van der Waals surface area contributed by atoms with Crippen molar-refractivity contribution in [2.75, 3.05) is 0 Å². The minimum Gasteiger partial charge on any atom is -0.273 e. The molecule has 1 N–H and O–H groups in total. The lowest BCUT2D eigenvalue weighted by molar-refractivity contribution is -0.120. The van der Waals surface area contributed by atoms with Gasteiger partial charge in [0.2, 0.25) is 15.9 Å². The summed E-state index contributed by atoms with van der Waals surface area (Å²) >= 11 is 0. The van der Waals surface area contributed by atoms with Gasteiger partial charge in [0.25, 0.3) is 0 Å². The second kappa shape index (κ2) is 4.76. The lowest BCUT2D eigenvalue weighted by Gasteiger charge is -2.16. The van der Waals surface area contributed by atoms with Crippen LogP contribution in [-0.2, 0) is 14.8 Å². The summed E-state index contributed by atoms with van der Waals surface area (Å²) in [7, 11) is -3.69. The second-order valence-electron chi connectivity index (χ2n) is 4.73. The quantitative estimate of drug-likeness (QED) is 0.918. The highest BCUT2D eigenvalue weighted by molar-refractivity contribution is 7.90. The Balaban J connectivity index is 2.15. The van der Waals surface area contributed by atoms with Crippen molar-refractivity contribution in [3.8, 4) is 0 Å². The van der Waals surface area contributed by atoms with Crippen LogP contribution in [-0.4, -0.2) is 14.3 Å². The van der Waals surface area contributed by atoms with Crippen molar-refractivity contribution in [3.05, 3.63) is 71.8 Å². The molecule has 0 aliphatic carbocycles. The molecule has 1 aliphatic rings. The van der Waals surface area contributed by atoms with E-state index in [0.29, 0.717) is 11.1 Å². The zero-order valence-electron chi connectivity index (χ0n) is 10.6. The van der Waals surface area contributed by atoms with Crippen LogP contribution < -0.4 is 4.72 Å². The van der Waals surface area contributed by atoms with Gasteiger partial charge in [-0.25, -0.2) is 8.42 Å². The smallest absolute Gasteiger partial charge is 0.243 e. The Morgan fingerprint density at radius 2 is 1.30 bits per heavy atom. The van der Waals surface area contributed by atoms with Gasteiger partial charge in [-0.05, 0) is 11.1 Å². The van der Waals surface area contributed by atoms with Gasteiger partial charge < -0.3 is 0 Å². The van der Waals surface area contributed by atoms with E-state index in [9.17, 15) is 13.2 Å². The van der Waals surface area contributed by atoms with E-state index in [1.54, 1.807) is 48.5 Å². The predicted octanol–water partition coefficient (Wildman–Crippen LogP) is 1.97. The highest BCUT2D eigenvalue weighted by atomic mass is 32.2. The first-order chi connectivity index (χ1) is 9.59. The molecule has 102 valence electrons. The SMILES string of the molecule is O=C1NS(=O)(=O)C(c2ccccc2)C1c1ccccc1. The average molecular weight is 287 g/mol. The molecule has 1 fully saturated rings. The van der Waals surface area contributed by atoms with Gasteiger partial charge >= 0.3 is 0 Å². The lowest BCUT2D eigenvalue weighted by atomic mass is 9.91. The number of carbonyl (C=O) groups is 1. The van der Waals surface area contributed by atoms with E-state index in [4.69, 9.17) is 0 Å². The molecule has 0 spiro atoms. The van der Waals surface area contributed by atoms with E-state index in [0.717, 1.165) is 0 Å². The highest BCUT2D eigenvalue weighted by Gasteiger charge is 2.47. The van der Waals surface area contributed by atoms with Crippen LogP contribution in [0.5, 0.6) is 0 Å². The van der Waals surface area contributed by atoms with Crippen LogP contribution in [0.25, 0.3) is 0 Å². The highest BCUT2D eigenvalue weighted by Crippen LogP contribution is 2.41. The number of hydrogen-bond donors (Lipinski definition) is 1. The number of rotatable bonds is 2. The Kier molecular flexibility index (Phi) is 3.06.